The second kappa shape index (κ2) is 9.09. The van der Waals surface area contributed by atoms with Crippen LogP contribution in [0.25, 0.3) is 0 Å². The Morgan fingerprint density at radius 2 is 1.68 bits per heavy atom. The summed E-state index contributed by atoms with van der Waals surface area (Å²) >= 11 is 0. The van der Waals surface area contributed by atoms with Crippen molar-refractivity contribution >= 4 is 17.6 Å². The predicted octanol–water partition coefficient (Wildman–Crippen LogP) is 3.89. The molecule has 1 heterocycles. The minimum atomic E-state index is -4.75. The second-order valence-electron chi connectivity index (χ2n) is 6.31. The first-order chi connectivity index (χ1) is 14.8. The SMILES string of the molecule is COC(=O)C1=C(C(=O)OC)N(c2ccc(Oc3ccccc3)c(C(F)(F)F)c2)COC1. The molecule has 7 nitrogen and oxygen atoms in total. The highest BCUT2D eigenvalue weighted by Crippen LogP contribution is 2.41. The fourth-order valence-electron chi connectivity index (χ4n) is 2.96. The van der Waals surface area contributed by atoms with E-state index in [1.54, 1.807) is 18.2 Å². The third-order valence-corrected chi connectivity index (χ3v) is 4.38. The van der Waals surface area contributed by atoms with Gasteiger partial charge in [-0.25, -0.2) is 9.59 Å². The van der Waals surface area contributed by atoms with Gasteiger partial charge in [0.1, 0.15) is 29.5 Å². The first-order valence-corrected chi connectivity index (χ1v) is 8.95. The third kappa shape index (κ3) is 4.80. The summed E-state index contributed by atoms with van der Waals surface area (Å²) in [6, 6.07) is 11.3. The van der Waals surface area contributed by atoms with Gasteiger partial charge < -0.3 is 23.8 Å². The number of hydrogen-bond donors (Lipinski definition) is 0. The highest BCUT2D eigenvalue weighted by Gasteiger charge is 2.37. The van der Waals surface area contributed by atoms with Crippen LogP contribution in [0.15, 0.2) is 59.8 Å². The highest BCUT2D eigenvalue weighted by atomic mass is 19.4. The molecule has 0 saturated carbocycles. The van der Waals surface area contributed by atoms with Crippen molar-refractivity contribution in [3.05, 3.63) is 65.4 Å². The molecule has 10 heteroatoms. The molecule has 0 N–H and O–H groups in total. The molecule has 0 aliphatic carbocycles. The summed E-state index contributed by atoms with van der Waals surface area (Å²) in [6.45, 7) is -0.532. The summed E-state index contributed by atoms with van der Waals surface area (Å²) in [6.07, 6.45) is -4.75. The van der Waals surface area contributed by atoms with Gasteiger partial charge >= 0.3 is 18.1 Å². The number of benzene rings is 2. The molecule has 164 valence electrons. The number of alkyl halides is 3. The zero-order chi connectivity index (χ0) is 22.6. The number of rotatable bonds is 5. The minimum Gasteiger partial charge on any atom is -0.466 e. The lowest BCUT2D eigenvalue weighted by Gasteiger charge is -2.31. The third-order valence-electron chi connectivity index (χ3n) is 4.38. The van der Waals surface area contributed by atoms with Gasteiger partial charge in [0.05, 0.1) is 26.4 Å². The Morgan fingerprint density at radius 3 is 2.29 bits per heavy atom. The molecule has 0 spiro atoms. The number of halogens is 3. The largest absolute Gasteiger partial charge is 0.466 e. The van der Waals surface area contributed by atoms with E-state index in [9.17, 15) is 22.8 Å². The van der Waals surface area contributed by atoms with E-state index in [-0.39, 0.29) is 36.0 Å². The molecule has 0 atom stereocenters. The number of carbonyl (C=O) groups excluding carboxylic acids is 2. The maximum absolute atomic E-state index is 13.8. The molecule has 31 heavy (non-hydrogen) atoms. The zero-order valence-electron chi connectivity index (χ0n) is 16.6. The van der Waals surface area contributed by atoms with Gasteiger partial charge in [-0.2, -0.15) is 13.2 Å². The number of methoxy groups -OCH3 is 2. The molecule has 0 unspecified atom stereocenters. The Hall–Kier alpha value is -3.53. The first-order valence-electron chi connectivity index (χ1n) is 8.95. The number of para-hydroxylation sites is 1. The van der Waals surface area contributed by atoms with Crippen molar-refractivity contribution in [3.63, 3.8) is 0 Å². The number of anilines is 1. The normalized spacial score (nSPS) is 14.3. The van der Waals surface area contributed by atoms with Crippen LogP contribution in [0.4, 0.5) is 18.9 Å². The summed E-state index contributed by atoms with van der Waals surface area (Å²) in [4.78, 5) is 25.5. The van der Waals surface area contributed by atoms with Crippen LogP contribution in [0, 0.1) is 0 Å². The van der Waals surface area contributed by atoms with Crippen LogP contribution in [0.1, 0.15) is 5.56 Å². The lowest BCUT2D eigenvalue weighted by Crippen LogP contribution is -2.38. The highest BCUT2D eigenvalue weighted by molar-refractivity contribution is 6.03. The van der Waals surface area contributed by atoms with E-state index in [1.807, 2.05) is 0 Å². The molecule has 2 aromatic rings. The van der Waals surface area contributed by atoms with E-state index in [0.717, 1.165) is 31.3 Å². The summed E-state index contributed by atoms with van der Waals surface area (Å²) in [7, 11) is 2.20. The molecule has 0 aromatic heterocycles. The van der Waals surface area contributed by atoms with Crippen LogP contribution >= 0.6 is 0 Å². The molecular weight excluding hydrogens is 419 g/mol. The van der Waals surface area contributed by atoms with Crippen LogP contribution in [0.2, 0.25) is 0 Å². The quantitative estimate of drug-likeness (QED) is 0.657. The number of ether oxygens (including phenoxy) is 4. The lowest BCUT2D eigenvalue weighted by atomic mass is 10.1. The van der Waals surface area contributed by atoms with E-state index in [0.29, 0.717) is 0 Å². The van der Waals surface area contributed by atoms with Crippen LogP contribution in [0.3, 0.4) is 0 Å². The van der Waals surface area contributed by atoms with E-state index >= 15 is 0 Å². The molecule has 3 rings (SSSR count). The smallest absolute Gasteiger partial charge is 0.420 e. The minimum absolute atomic E-state index is 0.0470. The van der Waals surface area contributed by atoms with Crippen LogP contribution in [-0.4, -0.2) is 39.5 Å². The van der Waals surface area contributed by atoms with E-state index in [4.69, 9.17) is 14.2 Å². The number of hydrogen-bond acceptors (Lipinski definition) is 7. The van der Waals surface area contributed by atoms with Gasteiger partial charge in [-0.3, -0.25) is 0 Å². The van der Waals surface area contributed by atoms with Crippen LogP contribution in [0.5, 0.6) is 11.5 Å². The van der Waals surface area contributed by atoms with Gasteiger partial charge in [0.2, 0.25) is 0 Å². The number of carbonyl (C=O) groups is 2. The zero-order valence-corrected chi connectivity index (χ0v) is 16.6. The average molecular weight is 437 g/mol. The fourth-order valence-corrected chi connectivity index (χ4v) is 2.96. The molecule has 2 aromatic carbocycles. The standard InChI is InChI=1S/C21H18F3NO6/c1-28-19(26)15-11-30-12-25(18(15)20(27)29-2)13-8-9-17(16(10-13)21(22,23)24)31-14-6-4-3-5-7-14/h3-10H,11-12H2,1-2H3. The van der Waals surface area contributed by atoms with Gasteiger partial charge in [0.25, 0.3) is 0 Å². The summed E-state index contributed by atoms with van der Waals surface area (Å²) in [5.74, 6) is -1.96. The molecule has 0 radical (unpaired) electrons. The molecule has 0 saturated heterocycles. The van der Waals surface area contributed by atoms with Gasteiger partial charge in [-0.15, -0.1) is 0 Å². The lowest BCUT2D eigenvalue weighted by molar-refractivity contribution is -0.140. The van der Waals surface area contributed by atoms with E-state index in [2.05, 4.69) is 4.74 Å². The van der Waals surface area contributed by atoms with Crippen molar-refractivity contribution in [2.45, 2.75) is 6.18 Å². The number of nitrogens with zero attached hydrogens (tertiary/aromatic N) is 1. The predicted molar refractivity (Wildman–Crippen MR) is 102 cm³/mol. The molecular formula is C21H18F3NO6. The second-order valence-corrected chi connectivity index (χ2v) is 6.31. The van der Waals surface area contributed by atoms with Crippen molar-refractivity contribution in [1.29, 1.82) is 0 Å². The molecule has 0 fully saturated rings. The first kappa shape index (κ1) is 22.2. The monoisotopic (exact) mass is 437 g/mol. The van der Waals surface area contributed by atoms with Crippen molar-refractivity contribution in [2.24, 2.45) is 0 Å². The maximum atomic E-state index is 13.8. The Balaban J connectivity index is 2.09. The number of esters is 2. The Morgan fingerprint density at radius 1 is 1.00 bits per heavy atom. The topological polar surface area (TPSA) is 74.3 Å². The van der Waals surface area contributed by atoms with Gasteiger partial charge in [0, 0.05) is 5.69 Å². The maximum Gasteiger partial charge on any atom is 0.420 e. The van der Waals surface area contributed by atoms with Gasteiger partial charge in [-0.05, 0) is 30.3 Å². The van der Waals surface area contributed by atoms with Crippen molar-refractivity contribution in [2.75, 3.05) is 32.5 Å². The summed E-state index contributed by atoms with van der Waals surface area (Å²) in [5, 5.41) is 0. The molecule has 1 aliphatic heterocycles. The van der Waals surface area contributed by atoms with Crippen molar-refractivity contribution in [1.82, 2.24) is 0 Å². The van der Waals surface area contributed by atoms with Crippen LogP contribution < -0.4 is 9.64 Å². The molecule has 1 aliphatic rings. The Bertz CT molecular complexity index is 1000. The van der Waals surface area contributed by atoms with E-state index < -0.39 is 29.4 Å². The fraction of sp³-hybridized carbons (Fsp3) is 0.238. The molecule has 0 bridgehead atoms. The van der Waals surface area contributed by atoms with Crippen molar-refractivity contribution in [3.8, 4) is 11.5 Å². The summed E-state index contributed by atoms with van der Waals surface area (Å²) < 4.78 is 61.4. The van der Waals surface area contributed by atoms with Gasteiger partial charge in [0.15, 0.2) is 0 Å². The molecule has 0 amide bonds. The van der Waals surface area contributed by atoms with Crippen molar-refractivity contribution < 1.29 is 41.7 Å². The average Bonchev–Trinajstić information content (AvgIpc) is 2.77. The van der Waals surface area contributed by atoms with Crippen LogP contribution in [-0.2, 0) is 30.0 Å². The summed E-state index contributed by atoms with van der Waals surface area (Å²) in [5.41, 5.74) is -1.54. The Kier molecular flexibility index (Phi) is 6.50. The van der Waals surface area contributed by atoms with Gasteiger partial charge in [-0.1, -0.05) is 18.2 Å². The Labute approximate surface area is 175 Å². The van der Waals surface area contributed by atoms with E-state index in [1.165, 1.54) is 18.2 Å².